The van der Waals surface area contributed by atoms with Gasteiger partial charge < -0.3 is 14.2 Å². The highest BCUT2D eigenvalue weighted by Crippen LogP contribution is 2.36. The number of hydrogen-bond acceptors (Lipinski definition) is 8. The van der Waals surface area contributed by atoms with Gasteiger partial charge in [-0.3, -0.25) is 19.4 Å². The zero-order valence-corrected chi connectivity index (χ0v) is 23.6. The minimum absolute atomic E-state index is 0.222. The summed E-state index contributed by atoms with van der Waals surface area (Å²) in [4.78, 5) is 37.7. The molecule has 11 heteroatoms. The van der Waals surface area contributed by atoms with E-state index in [0.717, 1.165) is 45.1 Å². The maximum Gasteiger partial charge on any atom is 0.339 e. The fraction of sp³-hybridized carbons (Fsp3) is 0.276. The summed E-state index contributed by atoms with van der Waals surface area (Å²) in [6.45, 7) is 2.80. The van der Waals surface area contributed by atoms with Crippen molar-refractivity contribution < 1.29 is 18.8 Å². The Morgan fingerprint density at radius 3 is 2.40 bits per heavy atom. The summed E-state index contributed by atoms with van der Waals surface area (Å²) in [7, 11) is -4.27. The van der Waals surface area contributed by atoms with E-state index in [9.17, 15) is 14.4 Å². The van der Waals surface area contributed by atoms with E-state index in [-0.39, 0.29) is 12.8 Å². The number of nitrogens with zero attached hydrogens (tertiary/aromatic N) is 5. The maximum atomic E-state index is 11.9. The number of benzene rings is 3. The van der Waals surface area contributed by atoms with Crippen molar-refractivity contribution in [1.29, 1.82) is 0 Å². The molecule has 206 valence electrons. The number of para-hydroxylation sites is 4. The molecule has 40 heavy (non-hydrogen) atoms. The Kier molecular flexibility index (Phi) is 7.89. The molecule has 0 saturated heterocycles. The summed E-state index contributed by atoms with van der Waals surface area (Å²) in [5.74, 6) is 0.444. The van der Waals surface area contributed by atoms with Gasteiger partial charge in [0.2, 0.25) is 5.89 Å². The van der Waals surface area contributed by atoms with E-state index in [2.05, 4.69) is 22.0 Å². The van der Waals surface area contributed by atoms with Crippen molar-refractivity contribution >= 4 is 51.6 Å². The molecule has 0 bridgehead atoms. The molecule has 2 N–H and O–H groups in total. The number of fused-ring (bicyclic) bond motifs is 3. The first-order chi connectivity index (χ1) is 19.4. The monoisotopic (exact) mass is 575 g/mol. The molecule has 3 heterocycles. The van der Waals surface area contributed by atoms with Gasteiger partial charge >= 0.3 is 7.60 Å². The highest BCUT2D eigenvalue weighted by atomic mass is 32.1. The van der Waals surface area contributed by atoms with Crippen molar-refractivity contribution in [2.45, 2.75) is 25.9 Å². The van der Waals surface area contributed by atoms with E-state index in [1.54, 1.807) is 16.2 Å². The van der Waals surface area contributed by atoms with Crippen LogP contribution in [0.3, 0.4) is 0 Å². The molecule has 0 fully saturated rings. The quantitative estimate of drug-likeness (QED) is 0.185. The lowest BCUT2D eigenvalue weighted by atomic mass is 10.1. The topological polar surface area (TPSA) is 115 Å². The van der Waals surface area contributed by atoms with Crippen molar-refractivity contribution in [2.75, 3.05) is 25.9 Å². The van der Waals surface area contributed by atoms with Crippen LogP contribution in [0.25, 0.3) is 21.3 Å². The largest absolute Gasteiger partial charge is 0.439 e. The van der Waals surface area contributed by atoms with Crippen molar-refractivity contribution in [3.05, 3.63) is 89.3 Å². The molecule has 9 nitrogen and oxygen atoms in total. The molecule has 0 unspecified atom stereocenters. The van der Waals surface area contributed by atoms with Crippen molar-refractivity contribution in [1.82, 2.24) is 19.8 Å². The summed E-state index contributed by atoms with van der Waals surface area (Å²) < 4.78 is 18.9. The van der Waals surface area contributed by atoms with Crippen LogP contribution in [0, 0.1) is 0 Å². The van der Waals surface area contributed by atoms with E-state index in [1.807, 2.05) is 60.7 Å². The lowest BCUT2D eigenvalue weighted by Crippen LogP contribution is -2.33. The van der Waals surface area contributed by atoms with Crippen LogP contribution in [0.1, 0.15) is 22.9 Å². The highest BCUT2D eigenvalue weighted by Gasteiger charge is 2.23. The van der Waals surface area contributed by atoms with Crippen molar-refractivity contribution in [3.8, 4) is 0 Å². The molecule has 0 aliphatic carbocycles. The minimum atomic E-state index is -4.27. The van der Waals surface area contributed by atoms with E-state index >= 15 is 0 Å². The van der Waals surface area contributed by atoms with Crippen LogP contribution in [-0.2, 0) is 24.1 Å². The molecule has 1 aliphatic rings. The number of hydrogen-bond donors (Lipinski definition) is 2. The number of rotatable bonds is 12. The standard InChI is InChI=1S/C29H30N5O4PS/c35-39(36,37)20-34(18-28-31-24-10-3-5-12-26(24)38-28)15-7-14-33(17-22-16-21-8-1-2-9-23(21)30-22)19-29-32-25-11-4-6-13-27(25)40-29/h1-6,8-13H,7,14-20H2,(H2,35,36,37). The number of aliphatic imine (C=N–C) groups is 1. The SMILES string of the molecule is O=P(O)(O)CN(CCCN(CC1=Nc2ccccc2C1)Cc1nc2ccccc2s1)Cc1nc2ccccc2o1. The Morgan fingerprint density at radius 1 is 0.850 bits per heavy atom. The molecular weight excluding hydrogens is 545 g/mol. The molecule has 0 amide bonds. The Bertz CT molecular complexity index is 1640. The highest BCUT2D eigenvalue weighted by molar-refractivity contribution is 7.51. The van der Waals surface area contributed by atoms with E-state index in [1.165, 1.54) is 5.56 Å². The fourth-order valence-corrected chi connectivity index (χ4v) is 6.87. The van der Waals surface area contributed by atoms with Crippen LogP contribution in [0.2, 0.25) is 0 Å². The van der Waals surface area contributed by atoms with Gasteiger partial charge in [-0.2, -0.15) is 0 Å². The van der Waals surface area contributed by atoms with E-state index < -0.39 is 7.60 Å². The average Bonchev–Trinajstić information content (AvgIpc) is 3.62. The second-order valence-electron chi connectivity index (χ2n) is 10.1. The van der Waals surface area contributed by atoms with E-state index in [4.69, 9.17) is 14.4 Å². The molecule has 6 rings (SSSR count). The molecule has 2 aromatic heterocycles. The first-order valence-electron chi connectivity index (χ1n) is 13.2. The Morgan fingerprint density at radius 2 is 1.60 bits per heavy atom. The summed E-state index contributed by atoms with van der Waals surface area (Å²) >= 11 is 1.70. The summed E-state index contributed by atoms with van der Waals surface area (Å²) in [5.41, 5.74) is 5.77. The third-order valence-electron chi connectivity index (χ3n) is 6.80. The van der Waals surface area contributed by atoms with Gasteiger partial charge in [-0.15, -0.1) is 11.3 Å². The smallest absolute Gasteiger partial charge is 0.339 e. The van der Waals surface area contributed by atoms with Gasteiger partial charge in [-0.1, -0.05) is 42.5 Å². The van der Waals surface area contributed by atoms with Gasteiger partial charge in [0.1, 0.15) is 16.8 Å². The Hall–Kier alpha value is -3.24. The van der Waals surface area contributed by atoms with Crippen molar-refractivity contribution in [3.63, 3.8) is 0 Å². The Balaban J connectivity index is 1.15. The predicted molar refractivity (Wildman–Crippen MR) is 158 cm³/mol. The van der Waals surface area contributed by atoms with Crippen LogP contribution in [0.4, 0.5) is 5.69 Å². The lowest BCUT2D eigenvalue weighted by Gasteiger charge is -2.25. The molecule has 0 radical (unpaired) electrons. The minimum Gasteiger partial charge on any atom is -0.439 e. The van der Waals surface area contributed by atoms with Gasteiger partial charge in [0, 0.05) is 31.8 Å². The van der Waals surface area contributed by atoms with E-state index in [0.29, 0.717) is 37.5 Å². The summed E-state index contributed by atoms with van der Waals surface area (Å²) in [6.07, 6.45) is 1.17. The summed E-state index contributed by atoms with van der Waals surface area (Å²) in [5, 5.41) is 1.04. The second-order valence-corrected chi connectivity index (χ2v) is 12.8. The van der Waals surface area contributed by atoms with Crippen LogP contribution < -0.4 is 0 Å². The normalized spacial score (nSPS) is 13.6. The Labute approximate surface area is 236 Å². The van der Waals surface area contributed by atoms with Gasteiger partial charge in [-0.05, 0) is 42.3 Å². The van der Waals surface area contributed by atoms with Crippen molar-refractivity contribution in [2.24, 2.45) is 4.99 Å². The van der Waals surface area contributed by atoms with Crippen LogP contribution in [0.15, 0.2) is 82.2 Å². The number of oxazole rings is 1. The molecule has 1 aliphatic heterocycles. The van der Waals surface area contributed by atoms with Crippen LogP contribution in [-0.4, -0.2) is 61.2 Å². The van der Waals surface area contributed by atoms with Gasteiger partial charge in [0.25, 0.3) is 0 Å². The zero-order valence-electron chi connectivity index (χ0n) is 21.9. The zero-order chi connectivity index (χ0) is 27.5. The predicted octanol–water partition coefficient (Wildman–Crippen LogP) is 5.60. The second kappa shape index (κ2) is 11.7. The van der Waals surface area contributed by atoms with Crippen LogP contribution in [0.5, 0.6) is 0 Å². The summed E-state index contributed by atoms with van der Waals surface area (Å²) in [6, 6.07) is 23.8. The number of aromatic nitrogens is 2. The third kappa shape index (κ3) is 6.72. The first-order valence-corrected chi connectivity index (χ1v) is 15.8. The molecule has 0 saturated carbocycles. The third-order valence-corrected chi connectivity index (χ3v) is 8.59. The molecule has 0 spiro atoms. The molecular formula is C29H30N5O4PS. The fourth-order valence-electron chi connectivity index (χ4n) is 5.10. The van der Waals surface area contributed by atoms with Gasteiger partial charge in [-0.25, -0.2) is 9.97 Å². The molecule has 0 atom stereocenters. The van der Waals surface area contributed by atoms with Gasteiger partial charge in [0.05, 0.1) is 29.0 Å². The molecule has 3 aromatic carbocycles. The van der Waals surface area contributed by atoms with Crippen LogP contribution >= 0.6 is 18.9 Å². The first kappa shape index (κ1) is 27.0. The number of thiazole rings is 1. The average molecular weight is 576 g/mol. The van der Waals surface area contributed by atoms with Gasteiger partial charge in [0.15, 0.2) is 5.58 Å². The lowest BCUT2D eigenvalue weighted by molar-refractivity contribution is 0.224. The molecule has 5 aromatic rings. The maximum absolute atomic E-state index is 11.9.